The molecule has 0 heterocycles. The molecule has 5 rings (SSSR count). The van der Waals surface area contributed by atoms with Crippen LogP contribution in [0.15, 0.2) is 127 Å². The van der Waals surface area contributed by atoms with Crippen molar-refractivity contribution in [3.63, 3.8) is 0 Å². The van der Waals surface area contributed by atoms with Gasteiger partial charge in [0.05, 0.1) is 12.6 Å². The van der Waals surface area contributed by atoms with Gasteiger partial charge < -0.3 is 20.7 Å². The molecule has 0 unspecified atom stereocenters. The third-order valence-corrected chi connectivity index (χ3v) is 11.9. The van der Waals surface area contributed by atoms with Crippen molar-refractivity contribution in [3.8, 4) is 0 Å². The highest BCUT2D eigenvalue weighted by Gasteiger charge is 2.38. The van der Waals surface area contributed by atoms with Crippen LogP contribution in [0, 0.1) is 17.7 Å². The molecule has 1 saturated carbocycles. The molecule has 0 radical (unpaired) electrons. The summed E-state index contributed by atoms with van der Waals surface area (Å²) in [6.45, 7) is 5.53. The van der Waals surface area contributed by atoms with Crippen LogP contribution in [0.25, 0.3) is 0 Å². The molecule has 0 saturated heterocycles. The number of hydrogen-bond acceptors (Lipinski definition) is 7. The zero-order valence-electron chi connectivity index (χ0n) is 34.6. The van der Waals surface area contributed by atoms with Gasteiger partial charge in [0.15, 0.2) is 5.78 Å². The number of carbonyl (C=O) groups excluding carboxylic acids is 5. The first-order valence-electron chi connectivity index (χ1n) is 20.9. The van der Waals surface area contributed by atoms with E-state index in [0.717, 1.165) is 42.4 Å². The van der Waals surface area contributed by atoms with Crippen molar-refractivity contribution < 1.29 is 33.1 Å². The Hall–Kier alpha value is -5.55. The zero-order valence-corrected chi connectivity index (χ0v) is 35.4. The quantitative estimate of drug-likeness (QED) is 0.0461. The molecule has 1 aliphatic rings. The summed E-state index contributed by atoms with van der Waals surface area (Å²) in [5, 5.41) is 9.21. The van der Waals surface area contributed by atoms with E-state index < -0.39 is 41.2 Å². The fraction of sp³-hybridized carbons (Fsp3) is 0.367. The molecular formula is C49H56FN3O6S. The minimum atomic E-state index is -1.06. The van der Waals surface area contributed by atoms with Crippen molar-refractivity contribution in [3.05, 3.63) is 155 Å². The Kier molecular flexibility index (Phi) is 17.2. The first-order valence-corrected chi connectivity index (χ1v) is 21.7. The van der Waals surface area contributed by atoms with Crippen molar-refractivity contribution in [1.82, 2.24) is 16.0 Å². The summed E-state index contributed by atoms with van der Waals surface area (Å²) in [5.41, 5.74) is 2.14. The summed E-state index contributed by atoms with van der Waals surface area (Å²) in [6.07, 6.45) is 6.74. The van der Waals surface area contributed by atoms with Crippen molar-refractivity contribution in [2.45, 2.75) is 95.0 Å². The molecule has 3 amide bonds. The van der Waals surface area contributed by atoms with Gasteiger partial charge in [0.2, 0.25) is 11.8 Å². The van der Waals surface area contributed by atoms with E-state index in [9.17, 15) is 28.4 Å². The maximum Gasteiger partial charge on any atom is 0.330 e. The van der Waals surface area contributed by atoms with Crippen LogP contribution >= 0.6 is 11.8 Å². The van der Waals surface area contributed by atoms with Crippen molar-refractivity contribution in [1.29, 1.82) is 0 Å². The number of amides is 3. The number of carbonyl (C=O) groups is 5. The van der Waals surface area contributed by atoms with Gasteiger partial charge in [-0.3, -0.25) is 19.2 Å². The van der Waals surface area contributed by atoms with E-state index in [1.165, 1.54) is 36.0 Å². The molecule has 0 spiro atoms. The number of rotatable bonds is 20. The molecule has 9 nitrogen and oxygen atoms in total. The Morgan fingerprint density at radius 1 is 0.800 bits per heavy atom. The fourth-order valence-corrected chi connectivity index (χ4v) is 8.78. The first kappa shape index (κ1) is 45.5. The number of nitrogens with one attached hydrogen (secondary N) is 3. The van der Waals surface area contributed by atoms with Gasteiger partial charge in [0.25, 0.3) is 5.24 Å². The SMILES string of the molecule is CCOC(=O)/C=C/[C@H](CCC(=O)NC(c1ccccc1)(c1ccccc1)c1ccccc1)NC(=O)[C@@H](CC(=O)[C@@H](NC(=O)SC1CCCC1)C(C)C)Cc1ccc(F)cc1. The summed E-state index contributed by atoms with van der Waals surface area (Å²) in [4.78, 5) is 68.1. The maximum atomic E-state index is 14.3. The summed E-state index contributed by atoms with van der Waals surface area (Å²) in [5.74, 6) is -3.30. The van der Waals surface area contributed by atoms with Gasteiger partial charge in [-0.1, -0.05) is 148 Å². The average molecular weight is 834 g/mol. The molecule has 0 aliphatic heterocycles. The number of ketones is 1. The number of hydrogen-bond donors (Lipinski definition) is 3. The standard InChI is InChI=1S/C49H56FN3O6S/c1-4-59-45(56)31-29-41(28-30-44(55)53-49(37-16-8-5-9-17-37,38-18-10-6-11-19-38)39-20-12-7-13-21-39)51-47(57)36(32-35-24-26-40(50)27-25-35)33-43(54)46(34(2)3)52-48(58)60-42-22-14-15-23-42/h5-13,16-21,24-27,29,31,34,36,41-42,46H,4,14-15,22-23,28,30,32-33H2,1-3H3,(H,51,57)(H,52,58)(H,53,55)/b31-29+/t36-,41+,46+/m1/s1. The molecule has 3 atom stereocenters. The minimum Gasteiger partial charge on any atom is -0.463 e. The number of esters is 1. The smallest absolute Gasteiger partial charge is 0.330 e. The topological polar surface area (TPSA) is 131 Å². The predicted octanol–water partition coefficient (Wildman–Crippen LogP) is 8.85. The molecule has 316 valence electrons. The average Bonchev–Trinajstić information content (AvgIpc) is 3.77. The molecule has 3 N–H and O–H groups in total. The largest absolute Gasteiger partial charge is 0.463 e. The van der Waals surface area contributed by atoms with E-state index in [2.05, 4.69) is 16.0 Å². The normalized spacial score (nSPS) is 14.6. The Balaban J connectivity index is 1.39. The molecule has 1 fully saturated rings. The Morgan fingerprint density at radius 2 is 1.35 bits per heavy atom. The number of halogens is 1. The molecule has 0 aromatic heterocycles. The first-order chi connectivity index (χ1) is 29.0. The molecular weight excluding hydrogens is 778 g/mol. The van der Waals surface area contributed by atoms with Crippen molar-refractivity contribution in [2.75, 3.05) is 6.61 Å². The summed E-state index contributed by atoms with van der Waals surface area (Å²) in [6, 6.07) is 33.2. The van der Waals surface area contributed by atoms with Crippen LogP contribution in [0.3, 0.4) is 0 Å². The van der Waals surface area contributed by atoms with E-state index >= 15 is 0 Å². The number of thioether (sulfide) groups is 1. The van der Waals surface area contributed by atoms with Crippen LogP contribution in [0.5, 0.6) is 0 Å². The van der Waals surface area contributed by atoms with Gasteiger partial charge in [-0.2, -0.15) is 0 Å². The van der Waals surface area contributed by atoms with Crippen LogP contribution in [0.1, 0.15) is 88.0 Å². The van der Waals surface area contributed by atoms with Gasteiger partial charge in [0.1, 0.15) is 11.4 Å². The molecule has 60 heavy (non-hydrogen) atoms. The van der Waals surface area contributed by atoms with Crippen LogP contribution in [0.4, 0.5) is 9.18 Å². The van der Waals surface area contributed by atoms with Gasteiger partial charge in [0, 0.05) is 36.1 Å². The lowest BCUT2D eigenvalue weighted by molar-refractivity contribution is -0.137. The Labute approximate surface area is 357 Å². The number of ether oxygens (including phenoxy) is 1. The highest BCUT2D eigenvalue weighted by atomic mass is 32.2. The summed E-state index contributed by atoms with van der Waals surface area (Å²) in [7, 11) is 0. The summed E-state index contributed by atoms with van der Waals surface area (Å²) < 4.78 is 19.0. The van der Waals surface area contributed by atoms with Crippen LogP contribution in [0.2, 0.25) is 0 Å². The van der Waals surface area contributed by atoms with Crippen molar-refractivity contribution >= 4 is 40.6 Å². The zero-order chi connectivity index (χ0) is 42.9. The van der Waals surface area contributed by atoms with Crippen LogP contribution < -0.4 is 16.0 Å². The minimum absolute atomic E-state index is 0.0476. The number of benzene rings is 4. The number of Topliss-reactive ketones (excluding diaryl/α,β-unsaturated/α-hetero) is 1. The van der Waals surface area contributed by atoms with E-state index in [4.69, 9.17) is 4.74 Å². The lowest BCUT2D eigenvalue weighted by Crippen LogP contribution is -2.48. The van der Waals surface area contributed by atoms with Gasteiger partial charge in [-0.25, -0.2) is 9.18 Å². The van der Waals surface area contributed by atoms with E-state index in [1.807, 2.05) is 105 Å². The fourth-order valence-electron chi connectivity index (χ4n) is 7.71. The molecule has 11 heteroatoms. The second kappa shape index (κ2) is 22.7. The van der Waals surface area contributed by atoms with Crippen molar-refractivity contribution in [2.24, 2.45) is 11.8 Å². The van der Waals surface area contributed by atoms with E-state index in [-0.39, 0.29) is 60.4 Å². The van der Waals surface area contributed by atoms with Crippen LogP contribution in [-0.2, 0) is 35.9 Å². The highest BCUT2D eigenvalue weighted by molar-refractivity contribution is 8.14. The Bertz CT molecular complexity index is 1940. The van der Waals surface area contributed by atoms with Gasteiger partial charge in [-0.15, -0.1) is 0 Å². The van der Waals surface area contributed by atoms with Gasteiger partial charge >= 0.3 is 5.97 Å². The monoisotopic (exact) mass is 833 g/mol. The second-order valence-corrected chi connectivity index (χ2v) is 16.8. The maximum absolute atomic E-state index is 14.3. The lowest BCUT2D eigenvalue weighted by atomic mass is 9.77. The highest BCUT2D eigenvalue weighted by Crippen LogP contribution is 2.37. The summed E-state index contributed by atoms with van der Waals surface area (Å²) >= 11 is 1.23. The molecule has 4 aromatic rings. The second-order valence-electron chi connectivity index (χ2n) is 15.5. The van der Waals surface area contributed by atoms with Gasteiger partial charge in [-0.05, 0) is 72.9 Å². The lowest BCUT2D eigenvalue weighted by Gasteiger charge is -2.37. The molecule has 1 aliphatic carbocycles. The van der Waals surface area contributed by atoms with Crippen LogP contribution in [-0.4, -0.2) is 52.7 Å². The van der Waals surface area contributed by atoms with E-state index in [0.29, 0.717) is 5.56 Å². The molecule has 4 aromatic carbocycles. The van der Waals surface area contributed by atoms with E-state index in [1.54, 1.807) is 19.1 Å². The predicted molar refractivity (Wildman–Crippen MR) is 235 cm³/mol. The third kappa shape index (κ3) is 13.0. The Morgan fingerprint density at radius 3 is 1.87 bits per heavy atom. The third-order valence-electron chi connectivity index (χ3n) is 10.8. The molecule has 0 bridgehead atoms.